The van der Waals surface area contributed by atoms with E-state index in [1.165, 1.54) is 0 Å². The summed E-state index contributed by atoms with van der Waals surface area (Å²) in [7, 11) is 0. The number of hydrogen-bond donors (Lipinski definition) is 1. The van der Waals surface area contributed by atoms with Gasteiger partial charge in [0.1, 0.15) is 5.75 Å². The Morgan fingerprint density at radius 3 is 2.39 bits per heavy atom. The van der Waals surface area contributed by atoms with Crippen molar-refractivity contribution >= 4 is 22.6 Å². The van der Waals surface area contributed by atoms with Gasteiger partial charge in [0.2, 0.25) is 0 Å². The monoisotopic (exact) mass is 377 g/mol. The molecule has 1 unspecified atom stereocenters. The zero-order valence-electron chi connectivity index (χ0n) is 15.8. The van der Waals surface area contributed by atoms with Crippen LogP contribution in [0.4, 0.5) is 0 Å². The Morgan fingerprint density at radius 1 is 0.929 bits per heavy atom. The average Bonchev–Trinajstić information content (AvgIpc) is 2.75. The summed E-state index contributed by atoms with van der Waals surface area (Å²) in [6.07, 6.45) is -0.445. The molecular weight excluding hydrogens is 354 g/mol. The summed E-state index contributed by atoms with van der Waals surface area (Å²) in [5.41, 5.74) is 0.983. The van der Waals surface area contributed by atoms with E-state index in [0.717, 1.165) is 16.3 Å². The molecule has 0 radical (unpaired) electrons. The van der Waals surface area contributed by atoms with Crippen LogP contribution in [0.15, 0.2) is 72.8 Å². The molecule has 0 bridgehead atoms. The minimum Gasteiger partial charge on any atom is -0.482 e. The molecule has 0 saturated heterocycles. The van der Waals surface area contributed by atoms with E-state index >= 15 is 0 Å². The lowest BCUT2D eigenvalue weighted by Gasteiger charge is -2.16. The number of hydrogen-bond acceptors (Lipinski definition) is 4. The second kappa shape index (κ2) is 9.55. The number of carbonyl (C=O) groups is 2. The minimum absolute atomic E-state index is 0.249. The van der Waals surface area contributed by atoms with E-state index in [0.29, 0.717) is 18.7 Å². The van der Waals surface area contributed by atoms with Crippen LogP contribution in [0, 0.1) is 0 Å². The van der Waals surface area contributed by atoms with Crippen LogP contribution in [0.2, 0.25) is 0 Å². The van der Waals surface area contributed by atoms with Crippen LogP contribution in [0.1, 0.15) is 18.9 Å². The van der Waals surface area contributed by atoms with Crippen molar-refractivity contribution in [1.82, 2.24) is 5.32 Å². The first-order valence-electron chi connectivity index (χ1n) is 9.28. The first kappa shape index (κ1) is 19.4. The molecule has 1 atom stereocenters. The van der Waals surface area contributed by atoms with E-state index in [4.69, 9.17) is 9.47 Å². The molecule has 5 heteroatoms. The number of fused-ring (bicyclic) bond motifs is 1. The fraction of sp³-hybridized carbons (Fsp3) is 0.217. The van der Waals surface area contributed by atoms with Crippen LogP contribution in [0.5, 0.6) is 5.75 Å². The van der Waals surface area contributed by atoms with Gasteiger partial charge in [-0.2, -0.15) is 0 Å². The van der Waals surface area contributed by atoms with E-state index in [9.17, 15) is 9.59 Å². The van der Waals surface area contributed by atoms with Gasteiger partial charge < -0.3 is 14.8 Å². The standard InChI is InChI=1S/C23H23NO4/c1-2-21(23(26)24-15-17-8-4-3-5-9-17)28-22(25)16-27-20-13-12-18-10-6-7-11-19(18)14-20/h3-14,21H,2,15-16H2,1H3,(H,24,26). The highest BCUT2D eigenvalue weighted by molar-refractivity contribution is 5.85. The van der Waals surface area contributed by atoms with Crippen molar-refractivity contribution in [2.45, 2.75) is 26.0 Å². The van der Waals surface area contributed by atoms with E-state index in [2.05, 4.69) is 5.32 Å². The summed E-state index contributed by atoms with van der Waals surface area (Å²) in [6.45, 7) is 1.94. The van der Waals surface area contributed by atoms with Gasteiger partial charge in [-0.25, -0.2) is 4.79 Å². The van der Waals surface area contributed by atoms with Crippen molar-refractivity contribution in [2.24, 2.45) is 0 Å². The fourth-order valence-electron chi connectivity index (χ4n) is 2.81. The molecule has 3 aromatic carbocycles. The Bertz CT molecular complexity index is 939. The fourth-order valence-corrected chi connectivity index (χ4v) is 2.81. The number of esters is 1. The maximum Gasteiger partial charge on any atom is 0.344 e. The zero-order chi connectivity index (χ0) is 19.8. The number of rotatable bonds is 8. The topological polar surface area (TPSA) is 64.6 Å². The van der Waals surface area contributed by atoms with Gasteiger partial charge >= 0.3 is 5.97 Å². The largest absolute Gasteiger partial charge is 0.482 e. The second-order valence-corrected chi connectivity index (χ2v) is 6.39. The predicted octanol–water partition coefficient (Wildman–Crippen LogP) is 3.86. The molecule has 1 amide bonds. The van der Waals surface area contributed by atoms with Gasteiger partial charge in [0, 0.05) is 6.54 Å². The molecule has 0 aliphatic heterocycles. The van der Waals surface area contributed by atoms with Crippen molar-refractivity contribution in [3.63, 3.8) is 0 Å². The average molecular weight is 377 g/mol. The normalized spacial score (nSPS) is 11.6. The SMILES string of the molecule is CCC(OC(=O)COc1ccc2ccccc2c1)C(=O)NCc1ccccc1. The van der Waals surface area contributed by atoms with Gasteiger partial charge in [0.05, 0.1) is 0 Å². The van der Waals surface area contributed by atoms with Gasteiger partial charge in [0.15, 0.2) is 12.7 Å². The summed E-state index contributed by atoms with van der Waals surface area (Å²) in [5, 5.41) is 4.92. The van der Waals surface area contributed by atoms with E-state index in [1.807, 2.05) is 66.7 Å². The lowest BCUT2D eigenvalue weighted by molar-refractivity contribution is -0.158. The number of benzene rings is 3. The molecular formula is C23H23NO4. The van der Waals surface area contributed by atoms with Crippen LogP contribution in [-0.2, 0) is 20.9 Å². The van der Waals surface area contributed by atoms with Gasteiger partial charge in [-0.05, 0) is 34.9 Å². The van der Waals surface area contributed by atoms with Crippen molar-refractivity contribution in [1.29, 1.82) is 0 Å². The lowest BCUT2D eigenvalue weighted by atomic mass is 10.1. The molecule has 0 saturated carbocycles. The van der Waals surface area contributed by atoms with Crippen molar-refractivity contribution in [2.75, 3.05) is 6.61 Å². The van der Waals surface area contributed by atoms with Crippen LogP contribution in [-0.4, -0.2) is 24.6 Å². The summed E-state index contributed by atoms with van der Waals surface area (Å²) >= 11 is 0. The molecule has 0 aliphatic carbocycles. The molecule has 0 spiro atoms. The molecule has 0 aromatic heterocycles. The Morgan fingerprint density at radius 2 is 1.64 bits per heavy atom. The number of carbonyl (C=O) groups excluding carboxylic acids is 2. The number of nitrogens with one attached hydrogen (secondary N) is 1. The molecule has 0 heterocycles. The highest BCUT2D eigenvalue weighted by atomic mass is 16.6. The molecule has 5 nitrogen and oxygen atoms in total. The predicted molar refractivity (Wildman–Crippen MR) is 108 cm³/mol. The first-order chi connectivity index (χ1) is 13.7. The molecule has 144 valence electrons. The van der Waals surface area contributed by atoms with Crippen LogP contribution >= 0.6 is 0 Å². The van der Waals surface area contributed by atoms with Gasteiger partial charge in [0.25, 0.3) is 5.91 Å². The molecule has 28 heavy (non-hydrogen) atoms. The third kappa shape index (κ3) is 5.33. The van der Waals surface area contributed by atoms with Gasteiger partial charge in [-0.1, -0.05) is 67.6 Å². The lowest BCUT2D eigenvalue weighted by Crippen LogP contribution is -2.38. The molecule has 0 fully saturated rings. The van der Waals surface area contributed by atoms with E-state index in [-0.39, 0.29) is 12.5 Å². The van der Waals surface area contributed by atoms with Crippen molar-refractivity contribution < 1.29 is 19.1 Å². The Balaban J connectivity index is 1.49. The van der Waals surface area contributed by atoms with Crippen LogP contribution in [0.3, 0.4) is 0 Å². The Kier molecular flexibility index (Phi) is 6.63. The number of ether oxygens (including phenoxy) is 2. The number of amides is 1. The van der Waals surface area contributed by atoms with Crippen molar-refractivity contribution in [3.8, 4) is 5.75 Å². The molecule has 3 rings (SSSR count). The smallest absolute Gasteiger partial charge is 0.344 e. The second-order valence-electron chi connectivity index (χ2n) is 6.39. The quantitative estimate of drug-likeness (QED) is 0.606. The van der Waals surface area contributed by atoms with Crippen LogP contribution in [0.25, 0.3) is 10.8 Å². The third-order valence-electron chi connectivity index (χ3n) is 4.32. The minimum atomic E-state index is -0.837. The maximum absolute atomic E-state index is 12.3. The van der Waals surface area contributed by atoms with Gasteiger partial charge in [-0.15, -0.1) is 0 Å². The molecule has 0 aliphatic rings. The molecule has 3 aromatic rings. The highest BCUT2D eigenvalue weighted by Crippen LogP contribution is 2.20. The van der Waals surface area contributed by atoms with E-state index in [1.54, 1.807) is 13.0 Å². The van der Waals surface area contributed by atoms with Crippen molar-refractivity contribution in [3.05, 3.63) is 78.4 Å². The Labute approximate surface area is 164 Å². The summed E-state index contributed by atoms with van der Waals surface area (Å²) in [5.74, 6) is -0.308. The summed E-state index contributed by atoms with van der Waals surface area (Å²) in [4.78, 5) is 24.4. The first-order valence-corrected chi connectivity index (χ1v) is 9.28. The highest BCUT2D eigenvalue weighted by Gasteiger charge is 2.21. The zero-order valence-corrected chi connectivity index (χ0v) is 15.8. The third-order valence-corrected chi connectivity index (χ3v) is 4.32. The van der Waals surface area contributed by atoms with Crippen LogP contribution < -0.4 is 10.1 Å². The Hall–Kier alpha value is -3.34. The summed E-state index contributed by atoms with van der Waals surface area (Å²) < 4.78 is 10.8. The summed E-state index contributed by atoms with van der Waals surface area (Å²) in [6, 6.07) is 23.1. The maximum atomic E-state index is 12.3. The van der Waals surface area contributed by atoms with E-state index < -0.39 is 12.1 Å². The van der Waals surface area contributed by atoms with Gasteiger partial charge in [-0.3, -0.25) is 4.79 Å². The molecule has 1 N–H and O–H groups in total.